The number of nitrogens with zero attached hydrogens (tertiary/aromatic N) is 3. The van der Waals surface area contributed by atoms with Gasteiger partial charge in [-0.3, -0.25) is 4.79 Å². The predicted molar refractivity (Wildman–Crippen MR) is 101 cm³/mol. The first kappa shape index (κ1) is 18.7. The number of esters is 1. The first-order valence-corrected chi connectivity index (χ1v) is 8.70. The first-order chi connectivity index (χ1) is 12.7. The molecule has 0 unspecified atom stereocenters. The molecule has 0 bridgehead atoms. The van der Waals surface area contributed by atoms with Crippen molar-refractivity contribution in [2.24, 2.45) is 0 Å². The van der Waals surface area contributed by atoms with E-state index in [2.05, 4.69) is 14.9 Å². The van der Waals surface area contributed by atoms with E-state index in [0.29, 0.717) is 22.2 Å². The number of fused-ring (bicyclic) bond motifs is 1. The van der Waals surface area contributed by atoms with Gasteiger partial charge in [-0.2, -0.15) is 0 Å². The lowest BCUT2D eigenvalue weighted by molar-refractivity contribution is -0.140. The van der Waals surface area contributed by atoms with E-state index in [1.807, 2.05) is 32.9 Å². The molecule has 0 aliphatic carbocycles. The third kappa shape index (κ3) is 3.58. The molecule has 3 rings (SSSR count). The van der Waals surface area contributed by atoms with Crippen LogP contribution in [0.25, 0.3) is 16.7 Å². The number of carbonyl (C=O) groups excluding carboxylic acids is 1. The molecular formula is C20H23N3O4. The van der Waals surface area contributed by atoms with Crippen LogP contribution in [0.5, 0.6) is 11.5 Å². The zero-order valence-electron chi connectivity index (χ0n) is 15.9. The highest BCUT2D eigenvalue weighted by molar-refractivity contribution is 5.75. The predicted octanol–water partition coefficient (Wildman–Crippen LogP) is 3.23. The second-order valence-electron chi connectivity index (χ2n) is 7.43. The van der Waals surface area contributed by atoms with Crippen LogP contribution in [0, 0.1) is 0 Å². The fourth-order valence-corrected chi connectivity index (χ4v) is 2.95. The number of rotatable bonds is 4. The Morgan fingerprint density at radius 3 is 2.22 bits per heavy atom. The van der Waals surface area contributed by atoms with Crippen molar-refractivity contribution in [2.45, 2.75) is 39.0 Å². The Morgan fingerprint density at radius 1 is 1.11 bits per heavy atom. The van der Waals surface area contributed by atoms with Crippen molar-refractivity contribution < 1.29 is 19.7 Å². The molecule has 0 saturated carbocycles. The van der Waals surface area contributed by atoms with Gasteiger partial charge in [-0.25, -0.2) is 0 Å². The Balaban J connectivity index is 2.20. The molecule has 2 N–H and O–H groups in total. The van der Waals surface area contributed by atoms with Crippen molar-refractivity contribution in [3.05, 3.63) is 41.5 Å². The van der Waals surface area contributed by atoms with Gasteiger partial charge in [0.05, 0.1) is 7.11 Å². The van der Waals surface area contributed by atoms with Crippen molar-refractivity contribution in [3.8, 4) is 17.2 Å². The SMILES string of the molecule is COC(=O)CCc1cc(C(C)(C)C)c(O)c(-n2nc3ccccc3n2)c1O. The van der Waals surface area contributed by atoms with Crippen molar-refractivity contribution in [1.29, 1.82) is 0 Å². The molecule has 1 heterocycles. The van der Waals surface area contributed by atoms with E-state index in [9.17, 15) is 15.0 Å². The summed E-state index contributed by atoms with van der Waals surface area (Å²) in [6.07, 6.45) is 0.391. The topological polar surface area (TPSA) is 97.5 Å². The minimum Gasteiger partial charge on any atom is -0.505 e. The third-order valence-electron chi connectivity index (χ3n) is 4.45. The van der Waals surface area contributed by atoms with Crippen LogP contribution in [-0.2, 0) is 21.4 Å². The van der Waals surface area contributed by atoms with Crippen LogP contribution in [-0.4, -0.2) is 38.3 Å². The van der Waals surface area contributed by atoms with E-state index >= 15 is 0 Å². The average molecular weight is 369 g/mol. The highest BCUT2D eigenvalue weighted by Crippen LogP contribution is 2.42. The molecule has 0 atom stereocenters. The third-order valence-corrected chi connectivity index (χ3v) is 4.45. The molecular weight excluding hydrogens is 346 g/mol. The van der Waals surface area contributed by atoms with Gasteiger partial charge in [-0.1, -0.05) is 32.9 Å². The summed E-state index contributed by atoms with van der Waals surface area (Å²) < 4.78 is 4.69. The molecule has 7 heteroatoms. The minimum absolute atomic E-state index is 0.0814. The highest BCUT2D eigenvalue weighted by Gasteiger charge is 2.27. The van der Waals surface area contributed by atoms with Crippen molar-refractivity contribution in [2.75, 3.05) is 7.11 Å². The Hall–Kier alpha value is -3.09. The lowest BCUT2D eigenvalue weighted by Gasteiger charge is -2.24. The maximum atomic E-state index is 11.5. The average Bonchev–Trinajstić information content (AvgIpc) is 3.03. The van der Waals surface area contributed by atoms with Gasteiger partial charge < -0.3 is 14.9 Å². The Kier molecular flexibility index (Phi) is 4.78. The fourth-order valence-electron chi connectivity index (χ4n) is 2.95. The van der Waals surface area contributed by atoms with Gasteiger partial charge in [0, 0.05) is 12.0 Å². The largest absolute Gasteiger partial charge is 0.505 e. The van der Waals surface area contributed by atoms with Crippen molar-refractivity contribution in [3.63, 3.8) is 0 Å². The molecule has 0 spiro atoms. The summed E-state index contributed by atoms with van der Waals surface area (Å²) in [5.41, 5.74) is 2.18. The van der Waals surface area contributed by atoms with Crippen LogP contribution >= 0.6 is 0 Å². The smallest absolute Gasteiger partial charge is 0.305 e. The number of benzene rings is 2. The van der Waals surface area contributed by atoms with Crippen LogP contribution in [0.4, 0.5) is 0 Å². The summed E-state index contributed by atoms with van der Waals surface area (Å²) in [6.45, 7) is 5.87. The number of carbonyl (C=O) groups is 1. The van der Waals surface area contributed by atoms with E-state index in [0.717, 1.165) is 0 Å². The maximum absolute atomic E-state index is 11.5. The fraction of sp³-hybridized carbons (Fsp3) is 0.350. The lowest BCUT2D eigenvalue weighted by atomic mass is 9.84. The van der Waals surface area contributed by atoms with Gasteiger partial charge in [0.15, 0.2) is 11.4 Å². The van der Waals surface area contributed by atoms with E-state index in [1.165, 1.54) is 11.9 Å². The summed E-state index contributed by atoms with van der Waals surface area (Å²) in [7, 11) is 1.32. The number of aryl methyl sites for hydroxylation is 1. The number of ether oxygens (including phenoxy) is 1. The number of phenolic OH excluding ortho intramolecular Hbond substituents is 2. The van der Waals surface area contributed by atoms with Gasteiger partial charge in [-0.05, 0) is 35.6 Å². The molecule has 0 saturated heterocycles. The number of hydrogen-bond acceptors (Lipinski definition) is 6. The van der Waals surface area contributed by atoms with Crippen LogP contribution < -0.4 is 0 Å². The monoisotopic (exact) mass is 369 g/mol. The normalized spacial score (nSPS) is 11.7. The van der Waals surface area contributed by atoms with E-state index < -0.39 is 0 Å². The number of hydrogen-bond donors (Lipinski definition) is 2. The molecule has 142 valence electrons. The molecule has 7 nitrogen and oxygen atoms in total. The quantitative estimate of drug-likeness (QED) is 0.685. The zero-order valence-corrected chi connectivity index (χ0v) is 15.9. The standard InChI is InChI=1S/C20H23N3O4/c1-20(2,3)13-11-12(9-10-16(24)27-4)18(25)17(19(13)26)23-21-14-7-5-6-8-15(14)22-23/h5-8,11,25-26H,9-10H2,1-4H3. The molecule has 0 aliphatic heterocycles. The van der Waals surface area contributed by atoms with Crippen LogP contribution in [0.15, 0.2) is 30.3 Å². The second kappa shape index (κ2) is 6.90. The molecule has 0 radical (unpaired) electrons. The molecule has 27 heavy (non-hydrogen) atoms. The number of aromatic nitrogens is 3. The molecule has 0 fully saturated rings. The lowest BCUT2D eigenvalue weighted by Crippen LogP contribution is -2.15. The molecule has 2 aromatic carbocycles. The Morgan fingerprint density at radius 2 is 1.70 bits per heavy atom. The van der Waals surface area contributed by atoms with Gasteiger partial charge in [0.25, 0.3) is 0 Å². The van der Waals surface area contributed by atoms with E-state index in [-0.39, 0.29) is 41.4 Å². The molecule has 0 amide bonds. The van der Waals surface area contributed by atoms with E-state index in [1.54, 1.807) is 18.2 Å². The minimum atomic E-state index is -0.390. The summed E-state index contributed by atoms with van der Waals surface area (Å²) >= 11 is 0. The maximum Gasteiger partial charge on any atom is 0.305 e. The Bertz CT molecular complexity index is 969. The summed E-state index contributed by atoms with van der Waals surface area (Å²) in [6, 6.07) is 9.01. The van der Waals surface area contributed by atoms with E-state index in [4.69, 9.17) is 0 Å². The molecule has 3 aromatic rings. The van der Waals surface area contributed by atoms with Crippen molar-refractivity contribution in [1.82, 2.24) is 15.0 Å². The van der Waals surface area contributed by atoms with Crippen molar-refractivity contribution >= 4 is 17.0 Å². The summed E-state index contributed by atoms with van der Waals surface area (Å²) in [5, 5.41) is 30.4. The van der Waals surface area contributed by atoms with Crippen LogP contribution in [0.2, 0.25) is 0 Å². The molecule has 0 aliphatic rings. The highest BCUT2D eigenvalue weighted by atomic mass is 16.5. The summed E-state index contributed by atoms with van der Waals surface area (Å²) in [5.74, 6) is -0.601. The second-order valence-corrected chi connectivity index (χ2v) is 7.43. The van der Waals surface area contributed by atoms with Crippen LogP contribution in [0.1, 0.15) is 38.3 Å². The first-order valence-electron chi connectivity index (χ1n) is 8.70. The Labute approximate surface area is 157 Å². The van der Waals surface area contributed by atoms with Gasteiger partial charge in [0.1, 0.15) is 16.8 Å². The zero-order chi connectivity index (χ0) is 19.8. The van der Waals surface area contributed by atoms with Gasteiger partial charge in [0.2, 0.25) is 0 Å². The molecule has 1 aromatic heterocycles. The number of aromatic hydroxyl groups is 2. The van der Waals surface area contributed by atoms with Gasteiger partial charge >= 0.3 is 5.97 Å². The van der Waals surface area contributed by atoms with Crippen LogP contribution in [0.3, 0.4) is 0 Å². The number of methoxy groups -OCH3 is 1. The number of phenols is 2. The van der Waals surface area contributed by atoms with Gasteiger partial charge in [-0.15, -0.1) is 15.0 Å². The summed E-state index contributed by atoms with van der Waals surface area (Å²) in [4.78, 5) is 12.8.